The van der Waals surface area contributed by atoms with Crippen LogP contribution in [0.25, 0.3) is 0 Å². The summed E-state index contributed by atoms with van der Waals surface area (Å²) in [6.07, 6.45) is 15.8. The topological polar surface area (TPSA) is 18.5 Å². The molecule has 0 N–H and O–H groups in total. The van der Waals surface area contributed by atoms with Crippen LogP contribution in [-0.2, 0) is 22.3 Å². The van der Waals surface area contributed by atoms with E-state index in [1.807, 2.05) is 0 Å². The third-order valence-corrected chi connectivity index (χ3v) is 8.24. The van der Waals surface area contributed by atoms with Crippen molar-refractivity contribution in [3.63, 3.8) is 0 Å². The zero-order valence-corrected chi connectivity index (χ0v) is 21.1. The number of allylic oxidation sites excluding steroid dienone is 1. The molecule has 0 aliphatic heterocycles. The number of hydrogen-bond donors (Lipinski definition) is 0. The molecule has 2 heteroatoms. The normalized spacial score (nSPS) is 19.1. The lowest BCUT2D eigenvalue weighted by Crippen LogP contribution is -2.54. The summed E-state index contributed by atoms with van der Waals surface area (Å²) in [7, 11) is 0. The largest absolute Gasteiger partial charge is 0.381 e. The van der Waals surface area contributed by atoms with E-state index < -0.39 is 0 Å². The van der Waals surface area contributed by atoms with Gasteiger partial charge in [0.25, 0.3) is 0 Å². The van der Waals surface area contributed by atoms with Gasteiger partial charge in [-0.1, -0.05) is 79.6 Å². The van der Waals surface area contributed by atoms with E-state index in [4.69, 9.17) is 9.47 Å². The second-order valence-electron chi connectivity index (χ2n) is 11.0. The van der Waals surface area contributed by atoms with Crippen LogP contribution in [0.5, 0.6) is 0 Å². The Kier molecular flexibility index (Phi) is 9.41. The zero-order chi connectivity index (χ0) is 23.5. The maximum absolute atomic E-state index is 6.32. The third-order valence-electron chi connectivity index (χ3n) is 8.24. The summed E-state index contributed by atoms with van der Waals surface area (Å²) in [6, 6.07) is 21.5. The van der Waals surface area contributed by atoms with Gasteiger partial charge in [0.1, 0.15) is 0 Å². The van der Waals surface area contributed by atoms with Gasteiger partial charge in [0.15, 0.2) is 0 Å². The Balaban J connectivity index is 1.26. The first-order chi connectivity index (χ1) is 16.7. The van der Waals surface area contributed by atoms with Crippen LogP contribution in [0.2, 0.25) is 0 Å². The van der Waals surface area contributed by atoms with Crippen LogP contribution in [-0.4, -0.2) is 26.4 Å². The van der Waals surface area contributed by atoms with Crippen molar-refractivity contribution in [3.8, 4) is 0 Å². The average Bonchev–Trinajstić information content (AvgIpc) is 3.39. The second kappa shape index (κ2) is 12.7. The Morgan fingerprint density at radius 2 is 1.26 bits per heavy atom. The Bertz CT molecular complexity index is 780. The lowest BCUT2D eigenvalue weighted by molar-refractivity contribution is -0.155. The highest BCUT2D eigenvalue weighted by Gasteiger charge is 2.57. The summed E-state index contributed by atoms with van der Waals surface area (Å²) in [5, 5.41) is 0. The van der Waals surface area contributed by atoms with Gasteiger partial charge in [-0.2, -0.15) is 0 Å². The Morgan fingerprint density at radius 1 is 0.765 bits per heavy atom. The summed E-state index contributed by atoms with van der Waals surface area (Å²) in [5.41, 5.74) is 3.43. The van der Waals surface area contributed by atoms with Crippen LogP contribution >= 0.6 is 0 Å². The van der Waals surface area contributed by atoms with E-state index in [1.165, 1.54) is 49.7 Å². The summed E-state index contributed by atoms with van der Waals surface area (Å²) in [6.45, 7) is 7.47. The molecule has 2 aromatic carbocycles. The summed E-state index contributed by atoms with van der Waals surface area (Å²) >= 11 is 0. The van der Waals surface area contributed by atoms with Gasteiger partial charge in [-0.05, 0) is 80.2 Å². The molecule has 2 saturated carbocycles. The molecule has 34 heavy (non-hydrogen) atoms. The summed E-state index contributed by atoms with van der Waals surface area (Å²) < 4.78 is 12.6. The van der Waals surface area contributed by atoms with Crippen molar-refractivity contribution in [1.29, 1.82) is 0 Å². The molecule has 4 rings (SSSR count). The summed E-state index contributed by atoms with van der Waals surface area (Å²) in [5.74, 6) is 0.870. The van der Waals surface area contributed by atoms with E-state index in [9.17, 15) is 0 Å². The van der Waals surface area contributed by atoms with Crippen molar-refractivity contribution < 1.29 is 9.47 Å². The van der Waals surface area contributed by atoms with Gasteiger partial charge in [0.05, 0.1) is 13.2 Å². The van der Waals surface area contributed by atoms with Crippen LogP contribution in [0.4, 0.5) is 0 Å². The van der Waals surface area contributed by atoms with Gasteiger partial charge in [0, 0.05) is 18.6 Å². The fraction of sp³-hybridized carbons (Fsp3) is 0.562. The minimum Gasteiger partial charge on any atom is -0.381 e. The number of aryl methyl sites for hydroxylation is 2. The third kappa shape index (κ3) is 6.83. The smallest absolute Gasteiger partial charge is 0.0544 e. The molecule has 2 aliphatic rings. The van der Waals surface area contributed by atoms with Crippen molar-refractivity contribution in [2.45, 2.75) is 70.6 Å². The Hall–Kier alpha value is -1.90. The molecule has 2 nitrogen and oxygen atoms in total. The van der Waals surface area contributed by atoms with Crippen molar-refractivity contribution in [2.24, 2.45) is 16.7 Å². The number of benzene rings is 2. The predicted molar refractivity (Wildman–Crippen MR) is 142 cm³/mol. The van der Waals surface area contributed by atoms with E-state index in [2.05, 4.69) is 73.3 Å². The van der Waals surface area contributed by atoms with E-state index in [0.29, 0.717) is 5.41 Å². The standard InChI is InChI=1S/C32H44O2/c1-2-21-32(30-19-9-10-20-30)24-31(25-32,26-33-22-11-17-28-13-5-3-6-14-28)27-34-23-12-18-29-15-7-4-8-16-29/h2-8,13-16,30H,1,9-12,17-27H2. The van der Waals surface area contributed by atoms with Gasteiger partial charge in [-0.15, -0.1) is 6.58 Å². The van der Waals surface area contributed by atoms with Gasteiger partial charge >= 0.3 is 0 Å². The molecule has 0 spiro atoms. The molecular weight excluding hydrogens is 416 g/mol. The maximum atomic E-state index is 6.32. The molecule has 0 saturated heterocycles. The fourth-order valence-electron chi connectivity index (χ4n) is 6.74. The second-order valence-corrected chi connectivity index (χ2v) is 11.0. The van der Waals surface area contributed by atoms with Crippen LogP contribution in [0.3, 0.4) is 0 Å². The minimum atomic E-state index is 0.186. The van der Waals surface area contributed by atoms with Gasteiger partial charge in [-0.3, -0.25) is 0 Å². The van der Waals surface area contributed by atoms with E-state index in [-0.39, 0.29) is 5.41 Å². The van der Waals surface area contributed by atoms with Crippen LogP contribution in [0.15, 0.2) is 73.3 Å². The Morgan fingerprint density at radius 3 is 1.74 bits per heavy atom. The molecule has 0 heterocycles. The highest BCUT2D eigenvalue weighted by atomic mass is 16.5. The molecule has 0 atom stereocenters. The first kappa shape index (κ1) is 25.2. The average molecular weight is 461 g/mol. The van der Waals surface area contributed by atoms with Gasteiger partial charge < -0.3 is 9.47 Å². The first-order valence-corrected chi connectivity index (χ1v) is 13.6. The quantitative estimate of drug-likeness (QED) is 0.199. The zero-order valence-electron chi connectivity index (χ0n) is 21.1. The first-order valence-electron chi connectivity index (χ1n) is 13.6. The molecule has 0 amide bonds. The van der Waals surface area contributed by atoms with Crippen LogP contribution in [0.1, 0.15) is 68.9 Å². The molecule has 2 aliphatic carbocycles. The van der Waals surface area contributed by atoms with Crippen molar-refractivity contribution >= 4 is 0 Å². The molecule has 2 fully saturated rings. The monoisotopic (exact) mass is 460 g/mol. The SMILES string of the molecule is C=CCC1(C2CCCC2)CC(COCCCc2ccccc2)(COCCCc2ccccc2)C1. The van der Waals surface area contributed by atoms with E-state index in [1.54, 1.807) is 0 Å². The van der Waals surface area contributed by atoms with Gasteiger partial charge in [0.2, 0.25) is 0 Å². The highest BCUT2D eigenvalue weighted by Crippen LogP contribution is 2.63. The fourth-order valence-corrected chi connectivity index (χ4v) is 6.74. The lowest BCUT2D eigenvalue weighted by Gasteiger charge is -2.59. The molecular formula is C32H44O2. The molecule has 0 unspecified atom stereocenters. The molecule has 0 bridgehead atoms. The molecule has 0 aromatic heterocycles. The number of rotatable bonds is 15. The lowest BCUT2D eigenvalue weighted by atomic mass is 9.47. The van der Waals surface area contributed by atoms with Gasteiger partial charge in [-0.25, -0.2) is 0 Å². The highest BCUT2D eigenvalue weighted by molar-refractivity contribution is 5.15. The number of ether oxygens (including phenoxy) is 2. The van der Waals surface area contributed by atoms with Crippen LogP contribution < -0.4 is 0 Å². The van der Waals surface area contributed by atoms with Crippen molar-refractivity contribution in [3.05, 3.63) is 84.4 Å². The minimum absolute atomic E-state index is 0.186. The molecule has 0 radical (unpaired) electrons. The van der Waals surface area contributed by atoms with E-state index >= 15 is 0 Å². The van der Waals surface area contributed by atoms with E-state index in [0.717, 1.165) is 64.4 Å². The maximum Gasteiger partial charge on any atom is 0.0544 e. The van der Waals surface area contributed by atoms with Crippen molar-refractivity contribution in [2.75, 3.05) is 26.4 Å². The summed E-state index contributed by atoms with van der Waals surface area (Å²) in [4.78, 5) is 0. The number of hydrogen-bond acceptors (Lipinski definition) is 2. The van der Waals surface area contributed by atoms with Crippen LogP contribution in [0, 0.1) is 16.7 Å². The predicted octanol–water partition coefficient (Wildman–Crippen LogP) is 7.82. The molecule has 184 valence electrons. The Labute approximate surface area is 207 Å². The molecule has 2 aromatic rings. The van der Waals surface area contributed by atoms with Crippen molar-refractivity contribution in [1.82, 2.24) is 0 Å².